The van der Waals surface area contributed by atoms with E-state index in [2.05, 4.69) is 6.92 Å². The Balaban J connectivity index is 2.10. The molecule has 30 heavy (non-hydrogen) atoms. The third kappa shape index (κ3) is 11.5. The summed E-state index contributed by atoms with van der Waals surface area (Å²) in [6.45, 7) is 2.59. The predicted molar refractivity (Wildman–Crippen MR) is 118 cm³/mol. The molecule has 0 aromatic heterocycles. The van der Waals surface area contributed by atoms with Crippen LogP contribution < -0.4 is 4.74 Å². The Hall–Kier alpha value is -1.63. The standard InChI is InChI=1S/C23H37FO5S/c1-2-3-4-5-6-7-8-9-10-11-12-13-14-15-18-29-22-17-16-20(30(24,27)28)19-21(22)23(25)26/h16-17,19H,2-15,18H2,1H3,(H,25,26). The fourth-order valence-corrected chi connectivity index (χ4v) is 3.92. The summed E-state index contributed by atoms with van der Waals surface area (Å²) in [5.74, 6) is -1.29. The summed E-state index contributed by atoms with van der Waals surface area (Å²) < 4.78 is 40.4. The van der Waals surface area contributed by atoms with Crippen molar-refractivity contribution in [2.24, 2.45) is 0 Å². The Kier molecular flexibility index (Phi) is 13.4. The van der Waals surface area contributed by atoms with Crippen molar-refractivity contribution in [1.82, 2.24) is 0 Å². The maximum Gasteiger partial charge on any atom is 0.339 e. The molecule has 172 valence electrons. The predicted octanol–water partition coefficient (Wildman–Crippen LogP) is 6.90. The van der Waals surface area contributed by atoms with Crippen molar-refractivity contribution in [3.05, 3.63) is 23.8 Å². The lowest BCUT2D eigenvalue weighted by Crippen LogP contribution is -2.06. The lowest BCUT2D eigenvalue weighted by atomic mass is 10.0. The van der Waals surface area contributed by atoms with Crippen molar-refractivity contribution >= 4 is 16.2 Å². The number of hydrogen-bond acceptors (Lipinski definition) is 4. The van der Waals surface area contributed by atoms with E-state index in [1.807, 2.05) is 0 Å². The van der Waals surface area contributed by atoms with E-state index in [0.29, 0.717) is 6.61 Å². The summed E-state index contributed by atoms with van der Waals surface area (Å²) in [6.07, 6.45) is 17.4. The zero-order valence-electron chi connectivity index (χ0n) is 18.2. The topological polar surface area (TPSA) is 80.7 Å². The number of carbonyl (C=O) groups is 1. The number of hydrogen-bond donors (Lipinski definition) is 1. The average Bonchev–Trinajstić information content (AvgIpc) is 2.70. The minimum atomic E-state index is -4.95. The first-order valence-electron chi connectivity index (χ1n) is 11.3. The molecule has 0 unspecified atom stereocenters. The molecular formula is C23H37FO5S. The van der Waals surface area contributed by atoms with E-state index in [1.54, 1.807) is 0 Å². The van der Waals surface area contributed by atoms with E-state index in [-0.39, 0.29) is 11.3 Å². The van der Waals surface area contributed by atoms with Crippen LogP contribution in [0.25, 0.3) is 0 Å². The molecule has 1 N–H and O–H groups in total. The molecule has 0 amide bonds. The van der Waals surface area contributed by atoms with Gasteiger partial charge in [-0.2, -0.15) is 8.42 Å². The van der Waals surface area contributed by atoms with Crippen LogP contribution in [0.2, 0.25) is 0 Å². The number of halogens is 1. The first-order chi connectivity index (χ1) is 14.4. The van der Waals surface area contributed by atoms with Gasteiger partial charge >= 0.3 is 16.2 Å². The van der Waals surface area contributed by atoms with Crippen LogP contribution in [0.5, 0.6) is 5.75 Å². The third-order valence-electron chi connectivity index (χ3n) is 5.22. The molecule has 7 heteroatoms. The van der Waals surface area contributed by atoms with Crippen molar-refractivity contribution < 1.29 is 26.9 Å². The van der Waals surface area contributed by atoms with Crippen LogP contribution in [0.15, 0.2) is 23.1 Å². The Morgan fingerprint density at radius 2 is 1.33 bits per heavy atom. The molecule has 0 aliphatic rings. The number of rotatable bonds is 18. The molecular weight excluding hydrogens is 407 g/mol. The first kappa shape index (κ1) is 26.4. The van der Waals surface area contributed by atoms with E-state index < -0.39 is 21.1 Å². The summed E-state index contributed by atoms with van der Waals surface area (Å²) in [4.78, 5) is 10.6. The van der Waals surface area contributed by atoms with Crippen LogP contribution in [0.3, 0.4) is 0 Å². The average molecular weight is 445 g/mol. The molecule has 0 aliphatic carbocycles. The van der Waals surface area contributed by atoms with E-state index >= 15 is 0 Å². The van der Waals surface area contributed by atoms with Crippen LogP contribution in [0.1, 0.15) is 107 Å². The summed E-state index contributed by atoms with van der Waals surface area (Å²) in [7, 11) is -4.95. The second kappa shape index (κ2) is 15.2. The Morgan fingerprint density at radius 3 is 1.77 bits per heavy atom. The molecule has 1 aromatic carbocycles. The molecule has 1 rings (SSSR count). The fraction of sp³-hybridized carbons (Fsp3) is 0.696. The largest absolute Gasteiger partial charge is 0.493 e. The van der Waals surface area contributed by atoms with Crippen LogP contribution in [0.4, 0.5) is 3.89 Å². The highest BCUT2D eigenvalue weighted by molar-refractivity contribution is 7.86. The molecule has 1 aromatic rings. The fourth-order valence-electron chi connectivity index (χ4n) is 3.43. The number of unbranched alkanes of at least 4 members (excludes halogenated alkanes) is 13. The molecule has 0 saturated heterocycles. The number of carboxylic acids is 1. The minimum Gasteiger partial charge on any atom is -0.493 e. The minimum absolute atomic E-state index is 0.0598. The van der Waals surface area contributed by atoms with Crippen molar-refractivity contribution in [2.45, 2.75) is 102 Å². The van der Waals surface area contributed by atoms with Crippen molar-refractivity contribution in [2.75, 3.05) is 6.61 Å². The van der Waals surface area contributed by atoms with E-state index in [1.165, 1.54) is 76.7 Å². The first-order valence-corrected chi connectivity index (χ1v) is 12.7. The zero-order valence-corrected chi connectivity index (χ0v) is 19.0. The number of ether oxygens (including phenoxy) is 1. The van der Waals surface area contributed by atoms with Gasteiger partial charge in [0.1, 0.15) is 11.3 Å². The number of benzene rings is 1. The highest BCUT2D eigenvalue weighted by Crippen LogP contribution is 2.24. The molecule has 5 nitrogen and oxygen atoms in total. The van der Waals surface area contributed by atoms with Gasteiger partial charge in [0.25, 0.3) is 0 Å². The normalized spacial score (nSPS) is 11.5. The van der Waals surface area contributed by atoms with Crippen molar-refractivity contribution in [3.8, 4) is 5.75 Å². The van der Waals surface area contributed by atoms with Gasteiger partial charge in [0.2, 0.25) is 0 Å². The third-order valence-corrected chi connectivity index (χ3v) is 6.04. The molecule has 0 aliphatic heterocycles. The van der Waals surface area contributed by atoms with Gasteiger partial charge in [-0.1, -0.05) is 90.4 Å². The van der Waals surface area contributed by atoms with Gasteiger partial charge in [-0.05, 0) is 24.6 Å². The summed E-state index contributed by atoms with van der Waals surface area (Å²) in [6, 6.07) is 3.00. The molecule has 0 radical (unpaired) electrons. The van der Waals surface area contributed by atoms with E-state index in [4.69, 9.17) is 4.74 Å². The SMILES string of the molecule is CCCCCCCCCCCCCCCCOc1ccc(S(=O)(=O)F)cc1C(=O)O. The monoisotopic (exact) mass is 444 g/mol. The molecule has 0 spiro atoms. The molecule has 0 saturated carbocycles. The van der Waals surface area contributed by atoms with Crippen LogP contribution in [0, 0.1) is 0 Å². The smallest absolute Gasteiger partial charge is 0.339 e. The van der Waals surface area contributed by atoms with Crippen LogP contribution in [-0.2, 0) is 10.2 Å². The quantitative estimate of drug-likeness (QED) is 0.197. The van der Waals surface area contributed by atoms with E-state index in [9.17, 15) is 22.2 Å². The van der Waals surface area contributed by atoms with Gasteiger partial charge in [0, 0.05) is 0 Å². The molecule has 0 atom stereocenters. The van der Waals surface area contributed by atoms with Gasteiger partial charge in [0.05, 0.1) is 11.5 Å². The van der Waals surface area contributed by atoms with Gasteiger partial charge in [-0.15, -0.1) is 3.89 Å². The van der Waals surface area contributed by atoms with Crippen molar-refractivity contribution in [1.29, 1.82) is 0 Å². The van der Waals surface area contributed by atoms with Gasteiger partial charge < -0.3 is 9.84 Å². The van der Waals surface area contributed by atoms with Gasteiger partial charge in [-0.3, -0.25) is 0 Å². The van der Waals surface area contributed by atoms with Crippen LogP contribution in [-0.4, -0.2) is 26.1 Å². The van der Waals surface area contributed by atoms with Gasteiger partial charge in [0.15, 0.2) is 0 Å². The summed E-state index contributed by atoms with van der Waals surface area (Å²) in [5.41, 5.74) is -0.348. The molecule has 0 bridgehead atoms. The lowest BCUT2D eigenvalue weighted by molar-refractivity contribution is 0.0692. The highest BCUT2D eigenvalue weighted by Gasteiger charge is 2.18. The molecule has 0 heterocycles. The summed E-state index contributed by atoms with van der Waals surface area (Å²) in [5, 5.41) is 9.18. The Morgan fingerprint density at radius 1 is 0.867 bits per heavy atom. The second-order valence-corrected chi connectivity index (χ2v) is 9.19. The number of carboxylic acid groups (broad SMARTS) is 1. The lowest BCUT2D eigenvalue weighted by Gasteiger charge is -2.10. The molecule has 0 fully saturated rings. The summed E-state index contributed by atoms with van der Waals surface area (Å²) >= 11 is 0. The zero-order chi connectivity index (χ0) is 22.2. The Labute approximate surface area is 181 Å². The van der Waals surface area contributed by atoms with Gasteiger partial charge in [-0.25, -0.2) is 4.79 Å². The van der Waals surface area contributed by atoms with E-state index in [0.717, 1.165) is 31.4 Å². The maximum absolute atomic E-state index is 13.0. The number of aromatic carboxylic acids is 1. The highest BCUT2D eigenvalue weighted by atomic mass is 32.3. The Bertz CT molecular complexity index is 718. The maximum atomic E-state index is 13.0. The van der Waals surface area contributed by atoms with Crippen molar-refractivity contribution in [3.63, 3.8) is 0 Å². The second-order valence-electron chi connectivity index (χ2n) is 7.85. The van der Waals surface area contributed by atoms with Crippen LogP contribution >= 0.6 is 0 Å².